The van der Waals surface area contributed by atoms with Crippen molar-refractivity contribution in [2.75, 3.05) is 13.1 Å². The summed E-state index contributed by atoms with van der Waals surface area (Å²) in [6.07, 6.45) is 2.02. The number of rotatable bonds is 18. The van der Waals surface area contributed by atoms with Crippen molar-refractivity contribution in [3.8, 4) is 22.3 Å². The SMILES string of the molecule is NC(N)=NCCCCNC(=O)C1(NC(=O)[C@H](Cc2ccc(N=C(N)N)cc2)NC(=O)[C@@H](N)Cc2ccc(-c3ccccc3)cc2)C[C@H]1c1ccc(-c2ccccc2)cc1. The van der Waals surface area contributed by atoms with Crippen LogP contribution >= 0.6 is 0 Å². The molecule has 0 aromatic heterocycles. The number of hydrogen-bond acceptors (Lipinski definition) is 6. The lowest BCUT2D eigenvalue weighted by Gasteiger charge is -2.25. The fourth-order valence-electron chi connectivity index (χ4n) is 7.15. The van der Waals surface area contributed by atoms with Gasteiger partial charge in [0.2, 0.25) is 17.7 Å². The van der Waals surface area contributed by atoms with Crippen LogP contribution < -0.4 is 44.6 Å². The summed E-state index contributed by atoms with van der Waals surface area (Å²) >= 11 is 0. The molecule has 13 nitrogen and oxygen atoms in total. The van der Waals surface area contributed by atoms with Crippen LogP contribution in [0.3, 0.4) is 0 Å². The fraction of sp³-hybridized carbons (Fsp3) is 0.239. The van der Waals surface area contributed by atoms with Crippen molar-refractivity contribution in [1.29, 1.82) is 0 Å². The predicted molar refractivity (Wildman–Crippen MR) is 234 cm³/mol. The van der Waals surface area contributed by atoms with E-state index in [-0.39, 0.29) is 36.6 Å². The van der Waals surface area contributed by atoms with Gasteiger partial charge in [0.25, 0.3) is 0 Å². The van der Waals surface area contributed by atoms with Crippen molar-refractivity contribution in [1.82, 2.24) is 16.0 Å². The molecule has 13 heteroatoms. The Morgan fingerprint density at radius 2 is 1.19 bits per heavy atom. The lowest BCUT2D eigenvalue weighted by atomic mass is 9.99. The maximum absolute atomic E-state index is 14.5. The van der Waals surface area contributed by atoms with E-state index in [9.17, 15) is 14.4 Å². The Balaban J connectivity index is 1.21. The van der Waals surface area contributed by atoms with E-state index in [1.165, 1.54) is 0 Å². The van der Waals surface area contributed by atoms with Crippen molar-refractivity contribution in [2.24, 2.45) is 38.7 Å². The van der Waals surface area contributed by atoms with Crippen LogP contribution in [-0.2, 0) is 27.2 Å². The minimum absolute atomic E-state index is 0.0135. The summed E-state index contributed by atoms with van der Waals surface area (Å²) in [7, 11) is 0. The Kier molecular flexibility index (Phi) is 13.7. The molecule has 1 aliphatic rings. The average molecular weight is 793 g/mol. The molecule has 1 unspecified atom stereocenters. The van der Waals surface area contributed by atoms with Crippen LogP contribution in [0.15, 0.2) is 143 Å². The molecule has 1 fully saturated rings. The Bertz CT molecular complexity index is 2240. The summed E-state index contributed by atoms with van der Waals surface area (Å²) in [5, 5.41) is 9.01. The zero-order valence-electron chi connectivity index (χ0n) is 32.9. The standard InChI is InChI=1S/C46H52N10O3/c47-39(27-30-13-17-34(18-14-30)32-9-3-1-4-10-32)41(57)55-40(28-31-15-23-37(24-16-31)54-45(50)51)42(58)56-46(43(59)52-25-7-8-26-53-44(48)49)29-38(46)36-21-19-35(20-22-36)33-11-5-2-6-12-33/h1-6,9-24,38-40H,7-8,25-29,47H2,(H,52,59)(H,55,57)(H,56,58)(H4,48,49,53)(H4,50,51,54)/t38-,39-,40-,46?/m0/s1. The molecule has 3 amide bonds. The molecule has 0 bridgehead atoms. The number of benzene rings is 5. The number of nitrogens with zero attached hydrogens (tertiary/aromatic N) is 2. The normalized spacial score (nSPS) is 16.5. The fourth-order valence-corrected chi connectivity index (χ4v) is 7.15. The smallest absolute Gasteiger partial charge is 0.246 e. The molecular weight excluding hydrogens is 741 g/mol. The van der Waals surface area contributed by atoms with Crippen LogP contribution in [0.1, 0.15) is 41.9 Å². The lowest BCUT2D eigenvalue weighted by Crippen LogP contribution is -2.58. The van der Waals surface area contributed by atoms with Gasteiger partial charge >= 0.3 is 0 Å². The highest BCUT2D eigenvalue weighted by molar-refractivity contribution is 5.98. The Hall–Kier alpha value is -6.99. The number of unbranched alkanes of at least 4 members (excludes halogenated alkanes) is 1. The molecule has 5 aromatic rings. The number of amides is 3. The van der Waals surface area contributed by atoms with Crippen molar-refractivity contribution < 1.29 is 14.4 Å². The zero-order valence-corrected chi connectivity index (χ0v) is 32.9. The van der Waals surface area contributed by atoms with E-state index in [0.29, 0.717) is 38.0 Å². The van der Waals surface area contributed by atoms with Crippen molar-refractivity contribution >= 4 is 35.3 Å². The van der Waals surface area contributed by atoms with E-state index in [1.807, 2.05) is 109 Å². The van der Waals surface area contributed by atoms with Crippen LogP contribution in [0.2, 0.25) is 0 Å². The number of nitrogens with one attached hydrogen (secondary N) is 3. The second-order valence-corrected chi connectivity index (χ2v) is 14.8. The van der Waals surface area contributed by atoms with Gasteiger partial charge < -0.3 is 44.6 Å². The van der Waals surface area contributed by atoms with Crippen LogP contribution in [0, 0.1) is 0 Å². The maximum atomic E-state index is 14.5. The molecular formula is C46H52N10O3. The molecule has 13 N–H and O–H groups in total. The first-order valence-corrected chi connectivity index (χ1v) is 19.7. The first kappa shape index (κ1) is 41.6. The average Bonchev–Trinajstić information content (AvgIpc) is 3.98. The van der Waals surface area contributed by atoms with Crippen LogP contribution in [0.5, 0.6) is 0 Å². The molecule has 0 saturated heterocycles. The van der Waals surface area contributed by atoms with E-state index >= 15 is 0 Å². The molecule has 0 radical (unpaired) electrons. The molecule has 1 aliphatic carbocycles. The number of guanidine groups is 2. The summed E-state index contributed by atoms with van der Waals surface area (Å²) in [6.45, 7) is 0.797. The van der Waals surface area contributed by atoms with Gasteiger partial charge in [-0.25, -0.2) is 4.99 Å². The Morgan fingerprint density at radius 1 is 0.644 bits per heavy atom. The molecule has 6 rings (SSSR count). The van der Waals surface area contributed by atoms with Gasteiger partial charge in [-0.1, -0.05) is 121 Å². The van der Waals surface area contributed by atoms with Gasteiger partial charge in [0.1, 0.15) is 11.6 Å². The first-order valence-electron chi connectivity index (χ1n) is 19.7. The summed E-state index contributed by atoms with van der Waals surface area (Å²) in [5.74, 6) is -1.71. The minimum atomic E-state index is -1.26. The summed E-state index contributed by atoms with van der Waals surface area (Å²) in [6, 6.07) is 40.9. The summed E-state index contributed by atoms with van der Waals surface area (Å²) in [4.78, 5) is 50.4. The van der Waals surface area contributed by atoms with Crippen LogP contribution in [-0.4, -0.2) is 60.4 Å². The van der Waals surface area contributed by atoms with E-state index < -0.39 is 29.4 Å². The van der Waals surface area contributed by atoms with E-state index in [2.05, 4.69) is 25.9 Å². The largest absolute Gasteiger partial charge is 0.370 e. The number of hydrogen-bond donors (Lipinski definition) is 8. The van der Waals surface area contributed by atoms with Gasteiger partial charge in [0.15, 0.2) is 11.9 Å². The topological polar surface area (TPSA) is 242 Å². The number of aliphatic imine (C=N–C) groups is 2. The molecule has 4 atom stereocenters. The van der Waals surface area contributed by atoms with Crippen LogP contribution in [0.25, 0.3) is 22.3 Å². The highest BCUT2D eigenvalue weighted by Crippen LogP contribution is 2.52. The second-order valence-electron chi connectivity index (χ2n) is 14.8. The Labute approximate surface area is 344 Å². The van der Waals surface area contributed by atoms with Gasteiger partial charge in [0.05, 0.1) is 11.7 Å². The van der Waals surface area contributed by atoms with Gasteiger partial charge in [0, 0.05) is 25.4 Å². The third-order valence-electron chi connectivity index (χ3n) is 10.4. The minimum Gasteiger partial charge on any atom is -0.370 e. The second kappa shape index (κ2) is 19.4. The molecule has 5 aromatic carbocycles. The highest BCUT2D eigenvalue weighted by atomic mass is 16.2. The summed E-state index contributed by atoms with van der Waals surface area (Å²) < 4.78 is 0. The Morgan fingerprint density at radius 3 is 1.76 bits per heavy atom. The van der Waals surface area contributed by atoms with E-state index in [4.69, 9.17) is 28.7 Å². The molecule has 0 spiro atoms. The number of carbonyl (C=O) groups excluding carboxylic acids is 3. The van der Waals surface area contributed by atoms with Gasteiger partial charge in [-0.2, -0.15) is 0 Å². The van der Waals surface area contributed by atoms with Gasteiger partial charge in [-0.05, 0) is 76.8 Å². The maximum Gasteiger partial charge on any atom is 0.246 e. The predicted octanol–water partition coefficient (Wildman–Crippen LogP) is 3.74. The third kappa shape index (κ3) is 11.3. The highest BCUT2D eigenvalue weighted by Gasteiger charge is 2.62. The van der Waals surface area contributed by atoms with Gasteiger partial charge in [-0.3, -0.25) is 19.4 Å². The molecule has 0 aliphatic heterocycles. The first-order chi connectivity index (χ1) is 28.5. The van der Waals surface area contributed by atoms with E-state index in [1.54, 1.807) is 24.3 Å². The zero-order chi connectivity index (χ0) is 41.8. The molecule has 1 saturated carbocycles. The van der Waals surface area contributed by atoms with Crippen molar-refractivity contribution in [3.05, 3.63) is 150 Å². The number of nitrogens with two attached hydrogens (primary N) is 5. The molecule has 304 valence electrons. The lowest BCUT2D eigenvalue weighted by molar-refractivity contribution is -0.133. The number of carbonyl (C=O) groups is 3. The molecule has 59 heavy (non-hydrogen) atoms. The monoisotopic (exact) mass is 792 g/mol. The molecule has 0 heterocycles. The van der Waals surface area contributed by atoms with Crippen LogP contribution in [0.4, 0.5) is 5.69 Å². The van der Waals surface area contributed by atoms with Crippen molar-refractivity contribution in [2.45, 2.75) is 55.6 Å². The quantitative estimate of drug-likeness (QED) is 0.0368. The van der Waals surface area contributed by atoms with Crippen molar-refractivity contribution in [3.63, 3.8) is 0 Å². The van der Waals surface area contributed by atoms with E-state index in [0.717, 1.165) is 38.9 Å². The summed E-state index contributed by atoms with van der Waals surface area (Å²) in [5.41, 5.74) is 34.5. The van der Waals surface area contributed by atoms with Gasteiger partial charge in [-0.15, -0.1) is 0 Å². The third-order valence-corrected chi connectivity index (χ3v) is 10.4.